The Kier molecular flexibility index (Phi) is 5.21. The molecule has 48 valence electrons. The summed E-state index contributed by atoms with van der Waals surface area (Å²) in [7, 11) is 0. The van der Waals surface area contributed by atoms with Gasteiger partial charge in [-0.25, -0.2) is 0 Å². The first-order valence-corrected chi connectivity index (χ1v) is 2.69. The first-order valence-electron chi connectivity index (χ1n) is 2.69. The standard InChI is InChI=1S/C7H7NO.Hg/c9-6-8-7-4-2-1-3-5-7;/h1-6H,(H,8,9);. The van der Waals surface area contributed by atoms with Crippen molar-refractivity contribution in [3.63, 3.8) is 0 Å². The van der Waals surface area contributed by atoms with E-state index in [9.17, 15) is 4.79 Å². The molecule has 0 atom stereocenters. The predicted octanol–water partition coefficient (Wildman–Crippen LogP) is 1.25. The molecule has 10 heavy (non-hydrogen) atoms. The summed E-state index contributed by atoms with van der Waals surface area (Å²) in [5.41, 5.74) is 0.826. The van der Waals surface area contributed by atoms with Gasteiger partial charge in [-0.3, -0.25) is 4.79 Å². The first kappa shape index (κ1) is 9.63. The van der Waals surface area contributed by atoms with Crippen LogP contribution < -0.4 is 5.32 Å². The van der Waals surface area contributed by atoms with Crippen molar-refractivity contribution < 1.29 is 32.5 Å². The summed E-state index contributed by atoms with van der Waals surface area (Å²) in [6, 6.07) is 9.29. The van der Waals surface area contributed by atoms with Gasteiger partial charge in [-0.2, -0.15) is 0 Å². The van der Waals surface area contributed by atoms with E-state index in [2.05, 4.69) is 5.32 Å². The van der Waals surface area contributed by atoms with Crippen LogP contribution >= 0.6 is 0 Å². The molecule has 0 aromatic heterocycles. The van der Waals surface area contributed by atoms with E-state index in [0.717, 1.165) is 5.69 Å². The van der Waals surface area contributed by atoms with Crippen LogP contribution in [0.5, 0.6) is 0 Å². The summed E-state index contributed by atoms with van der Waals surface area (Å²) in [4.78, 5) is 9.86. The molecule has 3 heteroatoms. The van der Waals surface area contributed by atoms with Crippen LogP contribution in [0.3, 0.4) is 0 Å². The Bertz CT molecular complexity index is 188. The number of carbonyl (C=O) groups excluding carboxylic acids is 1. The van der Waals surface area contributed by atoms with E-state index in [1.54, 1.807) is 0 Å². The van der Waals surface area contributed by atoms with Crippen LogP contribution in [0.2, 0.25) is 0 Å². The molecule has 1 amide bonds. The van der Waals surface area contributed by atoms with Gasteiger partial charge in [0, 0.05) is 33.4 Å². The number of amides is 1. The molecule has 0 aliphatic heterocycles. The van der Waals surface area contributed by atoms with Gasteiger partial charge >= 0.3 is 0 Å². The Labute approximate surface area is 80.1 Å². The van der Waals surface area contributed by atoms with E-state index >= 15 is 0 Å². The van der Waals surface area contributed by atoms with Gasteiger partial charge in [-0.05, 0) is 12.1 Å². The molecular formula is C7H7HgNO. The molecule has 0 aliphatic rings. The van der Waals surface area contributed by atoms with Gasteiger partial charge in [0.15, 0.2) is 0 Å². The Balaban J connectivity index is 0.000000810. The minimum absolute atomic E-state index is 0. The minimum atomic E-state index is 0. The second kappa shape index (κ2) is 5.41. The maximum absolute atomic E-state index is 9.86. The van der Waals surface area contributed by atoms with E-state index in [4.69, 9.17) is 0 Å². The maximum Gasteiger partial charge on any atom is 0.211 e. The third-order valence-corrected chi connectivity index (χ3v) is 0.999. The Morgan fingerprint density at radius 1 is 1.20 bits per heavy atom. The van der Waals surface area contributed by atoms with E-state index in [-0.39, 0.29) is 27.7 Å². The SMILES string of the molecule is O=CNc1ccccc1.[Hg]. The van der Waals surface area contributed by atoms with Crippen LogP contribution in [-0.4, -0.2) is 6.41 Å². The molecule has 2 nitrogen and oxygen atoms in total. The summed E-state index contributed by atoms with van der Waals surface area (Å²) < 4.78 is 0. The van der Waals surface area contributed by atoms with Gasteiger partial charge in [-0.1, -0.05) is 18.2 Å². The number of carbonyl (C=O) groups is 1. The normalized spacial score (nSPS) is 7.60. The number of anilines is 1. The molecule has 1 aromatic carbocycles. The summed E-state index contributed by atoms with van der Waals surface area (Å²) in [5.74, 6) is 0. The average Bonchev–Trinajstić information content (AvgIpc) is 1.91. The Morgan fingerprint density at radius 3 is 2.30 bits per heavy atom. The largest absolute Gasteiger partial charge is 0.329 e. The zero-order valence-electron chi connectivity index (χ0n) is 5.58. The molecule has 0 heterocycles. The van der Waals surface area contributed by atoms with Crippen LogP contribution in [0.4, 0.5) is 5.69 Å². The van der Waals surface area contributed by atoms with Gasteiger partial charge in [0.25, 0.3) is 0 Å². The maximum atomic E-state index is 9.86. The summed E-state index contributed by atoms with van der Waals surface area (Å²) in [6.07, 6.45) is 0.662. The molecule has 0 fully saturated rings. The van der Waals surface area contributed by atoms with Crippen molar-refractivity contribution in [2.45, 2.75) is 0 Å². The third kappa shape index (κ3) is 2.96. The second-order valence-corrected chi connectivity index (χ2v) is 1.63. The van der Waals surface area contributed by atoms with Gasteiger partial charge in [0.1, 0.15) is 0 Å². The van der Waals surface area contributed by atoms with Crippen molar-refractivity contribution in [2.24, 2.45) is 0 Å². The number of hydrogen-bond acceptors (Lipinski definition) is 1. The van der Waals surface area contributed by atoms with Crippen molar-refractivity contribution in [1.82, 2.24) is 0 Å². The predicted molar refractivity (Wildman–Crippen MR) is 36.1 cm³/mol. The van der Waals surface area contributed by atoms with Gasteiger partial charge in [0.2, 0.25) is 6.41 Å². The fourth-order valence-corrected chi connectivity index (χ4v) is 0.602. The van der Waals surface area contributed by atoms with E-state index < -0.39 is 0 Å². The molecule has 0 bridgehead atoms. The van der Waals surface area contributed by atoms with Crippen molar-refractivity contribution in [2.75, 3.05) is 5.32 Å². The number of para-hydroxylation sites is 1. The monoisotopic (exact) mass is 323 g/mol. The fourth-order valence-electron chi connectivity index (χ4n) is 0.602. The molecule has 1 rings (SSSR count). The van der Waals surface area contributed by atoms with Gasteiger partial charge in [-0.15, -0.1) is 0 Å². The zero-order valence-corrected chi connectivity index (χ0v) is 11.1. The van der Waals surface area contributed by atoms with Crippen molar-refractivity contribution in [3.05, 3.63) is 30.3 Å². The molecule has 0 aliphatic carbocycles. The Morgan fingerprint density at radius 2 is 1.80 bits per heavy atom. The van der Waals surface area contributed by atoms with Gasteiger partial charge in [0.05, 0.1) is 0 Å². The van der Waals surface area contributed by atoms with Gasteiger partial charge < -0.3 is 5.32 Å². The number of rotatable bonds is 2. The molecule has 0 spiro atoms. The minimum Gasteiger partial charge on any atom is -0.329 e. The number of nitrogens with one attached hydrogen (secondary N) is 1. The summed E-state index contributed by atoms with van der Waals surface area (Å²) >= 11 is 0. The summed E-state index contributed by atoms with van der Waals surface area (Å²) in [6.45, 7) is 0. The molecule has 1 N–H and O–H groups in total. The quantitative estimate of drug-likeness (QED) is 0.645. The van der Waals surface area contributed by atoms with E-state index in [1.807, 2.05) is 30.3 Å². The number of hydrogen-bond donors (Lipinski definition) is 1. The van der Waals surface area contributed by atoms with E-state index in [0.29, 0.717) is 6.41 Å². The molecule has 0 unspecified atom stereocenters. The fraction of sp³-hybridized carbons (Fsp3) is 0. The Hall–Kier alpha value is -0.375. The first-order chi connectivity index (χ1) is 4.43. The smallest absolute Gasteiger partial charge is 0.211 e. The van der Waals surface area contributed by atoms with E-state index in [1.165, 1.54) is 0 Å². The zero-order chi connectivity index (χ0) is 6.53. The van der Waals surface area contributed by atoms with Crippen LogP contribution in [0, 0.1) is 0 Å². The summed E-state index contributed by atoms with van der Waals surface area (Å²) in [5, 5.41) is 2.53. The average molecular weight is 322 g/mol. The van der Waals surface area contributed by atoms with Crippen LogP contribution in [0.25, 0.3) is 0 Å². The van der Waals surface area contributed by atoms with Crippen molar-refractivity contribution in [1.29, 1.82) is 0 Å². The van der Waals surface area contributed by atoms with Crippen molar-refractivity contribution >= 4 is 12.1 Å². The molecule has 0 saturated heterocycles. The molecule has 1 aromatic rings. The van der Waals surface area contributed by atoms with Crippen molar-refractivity contribution in [3.8, 4) is 0 Å². The molecule has 0 radical (unpaired) electrons. The topological polar surface area (TPSA) is 29.1 Å². The molecule has 0 saturated carbocycles. The van der Waals surface area contributed by atoms with Crippen LogP contribution in [0.1, 0.15) is 0 Å². The second-order valence-electron chi connectivity index (χ2n) is 1.63. The third-order valence-electron chi connectivity index (χ3n) is 0.999. The van der Waals surface area contributed by atoms with Crippen LogP contribution in [0.15, 0.2) is 30.3 Å². The molecular weight excluding hydrogens is 315 g/mol. The van der Waals surface area contributed by atoms with Crippen LogP contribution in [-0.2, 0) is 32.5 Å². The number of benzene rings is 1.